The monoisotopic (exact) mass is 323 g/mol. The Morgan fingerprint density at radius 1 is 0.958 bits per heavy atom. The minimum absolute atomic E-state index is 0.0881. The summed E-state index contributed by atoms with van der Waals surface area (Å²) in [6, 6.07) is 3.89. The lowest BCUT2D eigenvalue weighted by molar-refractivity contribution is 0.0951. The van der Waals surface area contributed by atoms with Crippen molar-refractivity contribution in [3.05, 3.63) is 56.2 Å². The molecule has 4 rings (SSSR count). The lowest BCUT2D eigenvalue weighted by Gasteiger charge is -2.08. The number of allylic oxidation sites excluding steroid dienone is 2. The van der Waals surface area contributed by atoms with Gasteiger partial charge in [-0.15, -0.1) is 0 Å². The van der Waals surface area contributed by atoms with Crippen molar-refractivity contribution in [1.29, 1.82) is 0 Å². The summed E-state index contributed by atoms with van der Waals surface area (Å²) in [4.78, 5) is 12.7. The molecule has 0 N–H and O–H groups in total. The first kappa shape index (κ1) is 14.6. The number of ketones is 1. The van der Waals surface area contributed by atoms with Crippen LogP contribution in [0.5, 0.6) is 11.5 Å². The predicted molar refractivity (Wildman–Crippen MR) is 89.3 cm³/mol. The molecule has 0 aliphatic heterocycles. The van der Waals surface area contributed by atoms with E-state index in [1.807, 2.05) is 35.9 Å². The Morgan fingerprint density at radius 2 is 1.67 bits per heavy atom. The van der Waals surface area contributed by atoms with Crippen LogP contribution in [0.15, 0.2) is 24.0 Å². The summed E-state index contributed by atoms with van der Waals surface area (Å²) in [7, 11) is 6.71. The van der Waals surface area contributed by atoms with Gasteiger partial charge in [-0.1, -0.05) is 0 Å². The molecule has 5 heteroatoms. The van der Waals surface area contributed by atoms with E-state index in [-0.39, 0.29) is 5.78 Å². The zero-order valence-corrected chi connectivity index (χ0v) is 14.0. The number of aromatic nitrogens is 1. The van der Waals surface area contributed by atoms with Crippen LogP contribution in [0, 0.1) is 10.6 Å². The number of fused-ring (bicyclic) bond motifs is 4. The number of methoxy groups -OCH3 is 3. The first-order chi connectivity index (χ1) is 11.6. The van der Waals surface area contributed by atoms with E-state index in [9.17, 15) is 4.79 Å². The molecule has 0 saturated carbocycles. The van der Waals surface area contributed by atoms with Crippen molar-refractivity contribution in [3.8, 4) is 11.5 Å². The van der Waals surface area contributed by atoms with Crippen molar-refractivity contribution in [2.24, 2.45) is 7.05 Å². The first-order valence-corrected chi connectivity index (χ1v) is 7.58. The lowest BCUT2D eigenvalue weighted by Crippen LogP contribution is -2.25. The highest BCUT2D eigenvalue weighted by Crippen LogP contribution is 2.27. The summed E-state index contributed by atoms with van der Waals surface area (Å²) in [6.07, 6.45) is 5.66. The molecule has 0 unspecified atom stereocenters. The Labute approximate surface area is 138 Å². The van der Waals surface area contributed by atoms with Gasteiger partial charge >= 0.3 is 0 Å². The summed E-state index contributed by atoms with van der Waals surface area (Å²) < 4.78 is 18.0. The van der Waals surface area contributed by atoms with E-state index in [0.29, 0.717) is 22.8 Å². The van der Waals surface area contributed by atoms with E-state index in [2.05, 4.69) is 0 Å². The Hall–Kier alpha value is -2.95. The topological polar surface area (TPSA) is 49.7 Å². The second kappa shape index (κ2) is 5.03. The maximum Gasteiger partial charge on any atom is 0.230 e. The molecule has 0 atom stereocenters. The molecule has 1 aromatic carbocycles. The molecule has 2 aliphatic carbocycles. The Bertz CT molecular complexity index is 1140. The van der Waals surface area contributed by atoms with Gasteiger partial charge in [-0.25, -0.2) is 0 Å². The molecule has 122 valence electrons. The van der Waals surface area contributed by atoms with Crippen LogP contribution in [0.4, 0.5) is 0 Å². The van der Waals surface area contributed by atoms with Crippen molar-refractivity contribution in [1.82, 2.24) is 4.57 Å². The van der Waals surface area contributed by atoms with Gasteiger partial charge in [0, 0.05) is 17.8 Å². The van der Waals surface area contributed by atoms with Gasteiger partial charge in [0.1, 0.15) is 0 Å². The number of Topliss-reactive ketones (excluding diaryl/α,β-unsaturated/α-hetero) is 1. The van der Waals surface area contributed by atoms with E-state index >= 15 is 0 Å². The standard InChI is InChI=1S/C19H17NO4/c1-20-13-5-6-14(22-2)19(21)17(13)12-7-10-8-15(23-3)16(24-4)9-11(10)18(12)20/h5-9H,1-4H3. The summed E-state index contributed by atoms with van der Waals surface area (Å²) in [5.74, 6) is 1.61. The summed E-state index contributed by atoms with van der Waals surface area (Å²) in [6.45, 7) is 0. The van der Waals surface area contributed by atoms with Crippen molar-refractivity contribution >= 4 is 17.9 Å². The smallest absolute Gasteiger partial charge is 0.230 e. The molecule has 0 amide bonds. The van der Waals surface area contributed by atoms with Crippen LogP contribution >= 0.6 is 0 Å². The number of carbonyl (C=O) groups is 1. The lowest BCUT2D eigenvalue weighted by atomic mass is 10.0. The molecule has 5 nitrogen and oxygen atoms in total. The van der Waals surface area contributed by atoms with Crippen molar-refractivity contribution < 1.29 is 19.0 Å². The molecule has 0 saturated heterocycles. The third-order valence-electron chi connectivity index (χ3n) is 4.65. The molecule has 24 heavy (non-hydrogen) atoms. The van der Waals surface area contributed by atoms with Gasteiger partial charge in [-0.05, 0) is 35.6 Å². The Balaban J connectivity index is 2.14. The predicted octanol–water partition coefficient (Wildman–Crippen LogP) is 0.979. The van der Waals surface area contributed by atoms with Crippen LogP contribution in [0.2, 0.25) is 0 Å². The van der Waals surface area contributed by atoms with Gasteiger partial charge in [0.25, 0.3) is 0 Å². The number of hydrogen-bond acceptors (Lipinski definition) is 4. The van der Waals surface area contributed by atoms with Crippen LogP contribution in [0.25, 0.3) is 12.2 Å². The number of ether oxygens (including phenoxy) is 3. The third kappa shape index (κ3) is 1.72. The van der Waals surface area contributed by atoms with Gasteiger partial charge in [-0.3, -0.25) is 4.79 Å². The molecular formula is C19H17NO4. The molecule has 0 radical (unpaired) electrons. The summed E-state index contributed by atoms with van der Waals surface area (Å²) in [5, 5.41) is 3.94. The quantitative estimate of drug-likeness (QED) is 0.721. The average Bonchev–Trinajstić information content (AvgIpc) is 3.09. The van der Waals surface area contributed by atoms with E-state index in [0.717, 1.165) is 26.7 Å². The van der Waals surface area contributed by atoms with Gasteiger partial charge in [0.15, 0.2) is 17.3 Å². The van der Waals surface area contributed by atoms with Gasteiger partial charge in [0.05, 0.1) is 37.6 Å². The van der Waals surface area contributed by atoms with Crippen LogP contribution in [-0.4, -0.2) is 31.7 Å². The zero-order valence-electron chi connectivity index (χ0n) is 14.0. The molecule has 0 bridgehead atoms. The van der Waals surface area contributed by atoms with Crippen molar-refractivity contribution in [3.63, 3.8) is 0 Å². The Kier molecular flexibility index (Phi) is 3.06. The molecule has 0 fully saturated rings. The highest BCUT2D eigenvalue weighted by atomic mass is 16.5. The number of rotatable bonds is 3. The fourth-order valence-electron chi connectivity index (χ4n) is 3.51. The fourth-order valence-corrected chi connectivity index (χ4v) is 3.51. The second-order valence-corrected chi connectivity index (χ2v) is 5.75. The fraction of sp³-hybridized carbons (Fsp3) is 0.211. The van der Waals surface area contributed by atoms with Crippen LogP contribution < -0.4 is 20.0 Å². The van der Waals surface area contributed by atoms with Gasteiger partial charge in [-0.2, -0.15) is 0 Å². The molecule has 2 aromatic rings. The zero-order chi connectivity index (χ0) is 17.0. The van der Waals surface area contributed by atoms with Crippen LogP contribution in [-0.2, 0) is 11.8 Å². The molecular weight excluding hydrogens is 306 g/mol. The van der Waals surface area contributed by atoms with Crippen molar-refractivity contribution in [2.75, 3.05) is 21.3 Å². The molecule has 1 aromatic heterocycles. The second-order valence-electron chi connectivity index (χ2n) is 5.75. The van der Waals surface area contributed by atoms with Crippen molar-refractivity contribution in [2.45, 2.75) is 0 Å². The van der Waals surface area contributed by atoms with E-state index in [1.165, 1.54) is 7.11 Å². The summed E-state index contributed by atoms with van der Waals surface area (Å²) in [5.41, 5.74) is 1.60. The maximum atomic E-state index is 12.7. The summed E-state index contributed by atoms with van der Waals surface area (Å²) >= 11 is 0. The van der Waals surface area contributed by atoms with E-state index in [4.69, 9.17) is 14.2 Å². The SMILES string of the molecule is COC1=CC=c2c(c3c(n2C)=c2cc(OC)c(OC)cc2=C3)C1=O. The first-order valence-electron chi connectivity index (χ1n) is 7.58. The number of nitrogens with zero attached hydrogens (tertiary/aromatic N) is 1. The highest BCUT2D eigenvalue weighted by molar-refractivity contribution is 6.11. The minimum atomic E-state index is -0.0881. The van der Waals surface area contributed by atoms with Crippen LogP contribution in [0.1, 0.15) is 15.9 Å². The minimum Gasteiger partial charge on any atom is -0.493 e. The normalized spacial score (nSPS) is 14.0. The number of hydrogen-bond donors (Lipinski definition) is 0. The highest BCUT2D eigenvalue weighted by Gasteiger charge is 2.26. The average molecular weight is 323 g/mol. The van der Waals surface area contributed by atoms with Gasteiger partial charge < -0.3 is 18.8 Å². The molecule has 2 aliphatic rings. The molecule has 1 heterocycles. The maximum absolute atomic E-state index is 12.7. The van der Waals surface area contributed by atoms with E-state index < -0.39 is 0 Å². The van der Waals surface area contributed by atoms with Crippen LogP contribution in [0.3, 0.4) is 0 Å². The number of carbonyl (C=O) groups excluding carboxylic acids is 1. The largest absolute Gasteiger partial charge is 0.493 e. The Morgan fingerprint density at radius 3 is 2.33 bits per heavy atom. The van der Waals surface area contributed by atoms with E-state index in [1.54, 1.807) is 20.3 Å². The third-order valence-corrected chi connectivity index (χ3v) is 4.65. The molecule has 0 spiro atoms. The number of benzene rings is 1. The van der Waals surface area contributed by atoms with Gasteiger partial charge in [0.2, 0.25) is 5.78 Å².